The Balaban J connectivity index is 2.54. The Morgan fingerprint density at radius 3 is 2.78 bits per heavy atom. The van der Waals surface area contributed by atoms with Gasteiger partial charge in [-0.15, -0.1) is 11.3 Å². The molecule has 0 atom stereocenters. The molecule has 18 heavy (non-hydrogen) atoms. The van der Waals surface area contributed by atoms with Crippen LogP contribution in [0.4, 0.5) is 13.2 Å². The van der Waals surface area contributed by atoms with Crippen LogP contribution in [0.15, 0.2) is 11.4 Å². The van der Waals surface area contributed by atoms with Crippen molar-refractivity contribution in [3.63, 3.8) is 0 Å². The first-order valence-electron chi connectivity index (χ1n) is 5.43. The highest BCUT2D eigenvalue weighted by Gasteiger charge is 2.27. The molecule has 6 heteroatoms. The average molecular weight is 276 g/mol. The number of hydrogen-bond acceptors (Lipinski definition) is 3. The molecule has 0 bridgehead atoms. The molecule has 0 radical (unpaired) electrons. The first-order valence-corrected chi connectivity index (χ1v) is 6.31. The lowest BCUT2D eigenvalue weighted by atomic mass is 10.2. The standard InChI is InChI=1S/C12H15F3N2S/c1-17(7-5-12(13,14)15)9-11-10(3-2-6-16)4-8-18-11/h4,8H,5-7,9,16H2,1H3. The third-order valence-electron chi connectivity index (χ3n) is 2.26. The maximum Gasteiger partial charge on any atom is 0.390 e. The molecule has 1 heterocycles. The largest absolute Gasteiger partial charge is 0.390 e. The van der Waals surface area contributed by atoms with Crippen molar-refractivity contribution in [1.82, 2.24) is 4.90 Å². The van der Waals surface area contributed by atoms with E-state index in [2.05, 4.69) is 11.8 Å². The molecule has 0 aliphatic carbocycles. The smallest absolute Gasteiger partial charge is 0.320 e. The van der Waals surface area contributed by atoms with E-state index < -0.39 is 12.6 Å². The fourth-order valence-corrected chi connectivity index (χ4v) is 2.27. The number of nitrogens with zero attached hydrogens (tertiary/aromatic N) is 1. The van der Waals surface area contributed by atoms with Gasteiger partial charge in [0.1, 0.15) is 0 Å². The van der Waals surface area contributed by atoms with Gasteiger partial charge in [0, 0.05) is 23.5 Å². The van der Waals surface area contributed by atoms with Gasteiger partial charge < -0.3 is 10.6 Å². The van der Waals surface area contributed by atoms with Gasteiger partial charge in [0.2, 0.25) is 0 Å². The van der Waals surface area contributed by atoms with Crippen molar-refractivity contribution in [2.45, 2.75) is 19.1 Å². The summed E-state index contributed by atoms with van der Waals surface area (Å²) in [6, 6.07) is 1.86. The second-order valence-electron chi connectivity index (χ2n) is 3.87. The molecule has 0 aliphatic heterocycles. The number of thiophene rings is 1. The Labute approximate surface area is 109 Å². The van der Waals surface area contributed by atoms with Gasteiger partial charge in [-0.1, -0.05) is 11.8 Å². The van der Waals surface area contributed by atoms with Crippen molar-refractivity contribution in [3.05, 3.63) is 21.9 Å². The molecule has 0 aliphatic rings. The van der Waals surface area contributed by atoms with Gasteiger partial charge in [0.05, 0.1) is 13.0 Å². The summed E-state index contributed by atoms with van der Waals surface area (Å²) in [5.74, 6) is 5.66. The van der Waals surface area contributed by atoms with E-state index >= 15 is 0 Å². The maximum atomic E-state index is 12.1. The van der Waals surface area contributed by atoms with Crippen LogP contribution in [-0.2, 0) is 6.54 Å². The molecule has 0 amide bonds. The minimum Gasteiger partial charge on any atom is -0.320 e. The Hall–Kier alpha value is -1.03. The van der Waals surface area contributed by atoms with E-state index in [9.17, 15) is 13.2 Å². The zero-order valence-corrected chi connectivity index (χ0v) is 10.9. The van der Waals surface area contributed by atoms with E-state index in [1.165, 1.54) is 11.3 Å². The van der Waals surface area contributed by atoms with Gasteiger partial charge in [-0.2, -0.15) is 13.2 Å². The summed E-state index contributed by atoms with van der Waals surface area (Å²) < 4.78 is 36.2. The molecule has 1 aromatic rings. The van der Waals surface area contributed by atoms with Crippen LogP contribution in [0.1, 0.15) is 16.9 Å². The highest BCUT2D eigenvalue weighted by molar-refractivity contribution is 7.10. The Bertz CT molecular complexity index is 429. The zero-order valence-electron chi connectivity index (χ0n) is 10.0. The summed E-state index contributed by atoms with van der Waals surface area (Å²) in [6.45, 7) is 0.743. The van der Waals surface area contributed by atoms with Gasteiger partial charge in [0.15, 0.2) is 0 Å². The molecule has 0 saturated carbocycles. The van der Waals surface area contributed by atoms with E-state index in [1.54, 1.807) is 11.9 Å². The third-order valence-corrected chi connectivity index (χ3v) is 3.17. The first kappa shape index (κ1) is 15.0. The summed E-state index contributed by atoms with van der Waals surface area (Å²) in [5, 5.41) is 1.88. The molecule has 0 fully saturated rings. The first-order chi connectivity index (χ1) is 8.42. The lowest BCUT2D eigenvalue weighted by Crippen LogP contribution is -2.24. The normalized spacial score (nSPS) is 11.4. The number of rotatable bonds is 4. The SMILES string of the molecule is CN(CCC(F)(F)F)Cc1sccc1C#CCN. The molecular weight excluding hydrogens is 261 g/mol. The predicted octanol–water partition coefficient (Wildman–Crippen LogP) is 2.44. The molecule has 100 valence electrons. The highest BCUT2D eigenvalue weighted by atomic mass is 32.1. The van der Waals surface area contributed by atoms with Gasteiger partial charge >= 0.3 is 6.18 Å². The van der Waals surface area contributed by atoms with Crippen LogP contribution in [-0.4, -0.2) is 31.2 Å². The Morgan fingerprint density at radius 1 is 1.44 bits per heavy atom. The van der Waals surface area contributed by atoms with Crippen molar-refractivity contribution in [2.75, 3.05) is 20.1 Å². The zero-order chi connectivity index (χ0) is 13.6. The van der Waals surface area contributed by atoms with Crippen LogP contribution in [0.3, 0.4) is 0 Å². The summed E-state index contributed by atoms with van der Waals surface area (Å²) in [5.41, 5.74) is 6.14. The summed E-state index contributed by atoms with van der Waals surface area (Å²) in [4.78, 5) is 2.62. The lowest BCUT2D eigenvalue weighted by Gasteiger charge is -2.17. The molecule has 0 unspecified atom stereocenters. The minimum atomic E-state index is -4.11. The van der Waals surface area contributed by atoms with E-state index in [-0.39, 0.29) is 13.1 Å². The van der Waals surface area contributed by atoms with Crippen molar-refractivity contribution in [3.8, 4) is 11.8 Å². The van der Waals surface area contributed by atoms with Crippen LogP contribution < -0.4 is 5.73 Å². The van der Waals surface area contributed by atoms with Crippen LogP contribution in [0.25, 0.3) is 0 Å². The molecule has 1 aromatic heterocycles. The lowest BCUT2D eigenvalue weighted by molar-refractivity contribution is -0.137. The van der Waals surface area contributed by atoms with Crippen molar-refractivity contribution >= 4 is 11.3 Å². The summed E-state index contributed by atoms with van der Waals surface area (Å²) >= 11 is 1.50. The second-order valence-corrected chi connectivity index (χ2v) is 4.87. The van der Waals surface area contributed by atoms with Gasteiger partial charge in [-0.3, -0.25) is 0 Å². The number of alkyl halides is 3. The molecule has 0 aromatic carbocycles. The summed E-state index contributed by atoms with van der Waals surface area (Å²) in [6.07, 6.45) is -4.90. The molecule has 1 rings (SSSR count). The van der Waals surface area contributed by atoms with Crippen LogP contribution in [0, 0.1) is 11.8 Å². The topological polar surface area (TPSA) is 29.3 Å². The maximum absolute atomic E-state index is 12.1. The van der Waals surface area contributed by atoms with Gasteiger partial charge in [-0.05, 0) is 18.5 Å². The Kier molecular flexibility index (Phi) is 5.66. The van der Waals surface area contributed by atoms with Crippen LogP contribution >= 0.6 is 11.3 Å². The van der Waals surface area contributed by atoms with Gasteiger partial charge in [-0.25, -0.2) is 0 Å². The highest BCUT2D eigenvalue weighted by Crippen LogP contribution is 2.21. The van der Waals surface area contributed by atoms with Crippen LogP contribution in [0.5, 0.6) is 0 Å². The van der Waals surface area contributed by atoms with E-state index in [0.717, 1.165) is 10.4 Å². The van der Waals surface area contributed by atoms with Gasteiger partial charge in [0.25, 0.3) is 0 Å². The predicted molar refractivity (Wildman–Crippen MR) is 67.3 cm³/mol. The fourth-order valence-electron chi connectivity index (χ4n) is 1.36. The van der Waals surface area contributed by atoms with E-state index in [0.29, 0.717) is 6.54 Å². The third kappa shape index (κ3) is 5.54. The van der Waals surface area contributed by atoms with Crippen molar-refractivity contribution < 1.29 is 13.2 Å². The Morgan fingerprint density at radius 2 is 2.17 bits per heavy atom. The average Bonchev–Trinajstić information content (AvgIpc) is 2.70. The van der Waals surface area contributed by atoms with Crippen molar-refractivity contribution in [2.24, 2.45) is 5.73 Å². The number of nitrogens with two attached hydrogens (primary N) is 1. The van der Waals surface area contributed by atoms with Crippen LogP contribution in [0.2, 0.25) is 0 Å². The number of halogens is 3. The summed E-state index contributed by atoms with van der Waals surface area (Å²) in [7, 11) is 1.67. The molecule has 2 nitrogen and oxygen atoms in total. The number of hydrogen-bond donors (Lipinski definition) is 1. The minimum absolute atomic E-state index is 0.00877. The molecular formula is C12H15F3N2S. The second kappa shape index (κ2) is 6.78. The van der Waals surface area contributed by atoms with E-state index in [1.807, 2.05) is 11.4 Å². The quantitative estimate of drug-likeness (QED) is 0.856. The molecule has 2 N–H and O–H groups in total. The fraction of sp³-hybridized carbons (Fsp3) is 0.500. The monoisotopic (exact) mass is 276 g/mol. The van der Waals surface area contributed by atoms with E-state index in [4.69, 9.17) is 5.73 Å². The molecule has 0 saturated heterocycles. The van der Waals surface area contributed by atoms with Crippen molar-refractivity contribution in [1.29, 1.82) is 0 Å². The molecule has 0 spiro atoms.